The van der Waals surface area contributed by atoms with E-state index in [0.717, 1.165) is 11.1 Å². The summed E-state index contributed by atoms with van der Waals surface area (Å²) in [6, 6.07) is 5.73. The summed E-state index contributed by atoms with van der Waals surface area (Å²) in [5.41, 5.74) is 1.91. The maximum atomic E-state index is 11.7. The fraction of sp³-hybridized carbons (Fsp3) is 0.412. The molecule has 5 nitrogen and oxygen atoms in total. The lowest BCUT2D eigenvalue weighted by atomic mass is 10.1. The van der Waals surface area contributed by atoms with E-state index < -0.39 is 0 Å². The van der Waals surface area contributed by atoms with Gasteiger partial charge in [-0.2, -0.15) is 0 Å². The fourth-order valence-corrected chi connectivity index (χ4v) is 1.82. The van der Waals surface area contributed by atoms with Crippen LogP contribution in [0.1, 0.15) is 31.4 Å². The third kappa shape index (κ3) is 6.43. The van der Waals surface area contributed by atoms with Gasteiger partial charge in [0.1, 0.15) is 5.75 Å². The Kier molecular flexibility index (Phi) is 7.16. The SMILES string of the molecule is COc1ccc(C)cc1/C=C/C(=O)NCCC(=O)OC(C)C. The van der Waals surface area contributed by atoms with Gasteiger partial charge in [-0.25, -0.2) is 0 Å². The standard InChI is InChI=1S/C17H23NO4/c1-12(2)22-17(20)9-10-18-16(19)8-6-14-11-13(3)5-7-15(14)21-4/h5-8,11-12H,9-10H2,1-4H3,(H,18,19)/b8-6+. The van der Waals surface area contributed by atoms with Crippen LogP contribution in [-0.4, -0.2) is 31.6 Å². The average Bonchev–Trinajstić information content (AvgIpc) is 2.44. The van der Waals surface area contributed by atoms with Gasteiger partial charge in [-0.3, -0.25) is 9.59 Å². The summed E-state index contributed by atoms with van der Waals surface area (Å²) in [5, 5.41) is 2.64. The minimum atomic E-state index is -0.320. The number of ether oxygens (including phenoxy) is 2. The van der Waals surface area contributed by atoms with Crippen LogP contribution in [0.2, 0.25) is 0 Å². The van der Waals surface area contributed by atoms with E-state index in [0.29, 0.717) is 5.75 Å². The number of aryl methyl sites for hydroxylation is 1. The molecule has 1 aromatic rings. The molecule has 0 saturated carbocycles. The molecule has 0 aliphatic carbocycles. The molecule has 1 N–H and O–H groups in total. The molecule has 0 unspecified atom stereocenters. The van der Waals surface area contributed by atoms with Crippen molar-refractivity contribution >= 4 is 18.0 Å². The van der Waals surface area contributed by atoms with Crippen molar-refractivity contribution in [2.45, 2.75) is 33.3 Å². The van der Waals surface area contributed by atoms with E-state index in [4.69, 9.17) is 9.47 Å². The Morgan fingerprint density at radius 3 is 2.68 bits per heavy atom. The van der Waals surface area contributed by atoms with Crippen LogP contribution < -0.4 is 10.1 Å². The van der Waals surface area contributed by atoms with E-state index in [1.54, 1.807) is 27.0 Å². The van der Waals surface area contributed by atoms with Gasteiger partial charge in [0.2, 0.25) is 5.91 Å². The first-order valence-corrected chi connectivity index (χ1v) is 7.22. The zero-order valence-electron chi connectivity index (χ0n) is 13.5. The largest absolute Gasteiger partial charge is 0.496 e. The third-order valence-corrected chi connectivity index (χ3v) is 2.79. The quantitative estimate of drug-likeness (QED) is 0.621. The second-order valence-corrected chi connectivity index (χ2v) is 5.16. The molecule has 5 heteroatoms. The second-order valence-electron chi connectivity index (χ2n) is 5.16. The first-order chi connectivity index (χ1) is 10.4. The molecule has 0 atom stereocenters. The van der Waals surface area contributed by atoms with Crippen molar-refractivity contribution in [2.24, 2.45) is 0 Å². The summed E-state index contributed by atoms with van der Waals surface area (Å²) in [5.74, 6) is 0.121. The summed E-state index contributed by atoms with van der Waals surface area (Å²) >= 11 is 0. The zero-order chi connectivity index (χ0) is 16.5. The summed E-state index contributed by atoms with van der Waals surface area (Å²) < 4.78 is 10.2. The van der Waals surface area contributed by atoms with Gasteiger partial charge >= 0.3 is 5.97 Å². The van der Waals surface area contributed by atoms with E-state index in [-0.39, 0.29) is 30.9 Å². The molecule has 0 bridgehead atoms. The number of benzene rings is 1. The zero-order valence-corrected chi connectivity index (χ0v) is 13.5. The smallest absolute Gasteiger partial charge is 0.307 e. The van der Waals surface area contributed by atoms with E-state index in [2.05, 4.69) is 5.32 Å². The van der Waals surface area contributed by atoms with E-state index >= 15 is 0 Å². The molecule has 22 heavy (non-hydrogen) atoms. The van der Waals surface area contributed by atoms with Gasteiger partial charge in [-0.15, -0.1) is 0 Å². The lowest BCUT2D eigenvalue weighted by Crippen LogP contribution is -2.25. The molecule has 0 aliphatic rings. The van der Waals surface area contributed by atoms with Crippen LogP contribution in [0.5, 0.6) is 5.75 Å². The number of carbonyl (C=O) groups is 2. The Morgan fingerprint density at radius 1 is 1.32 bits per heavy atom. The maximum absolute atomic E-state index is 11.7. The van der Waals surface area contributed by atoms with Crippen molar-refractivity contribution in [3.05, 3.63) is 35.4 Å². The molecule has 0 heterocycles. The number of hydrogen-bond acceptors (Lipinski definition) is 4. The molecular formula is C17H23NO4. The second kappa shape index (κ2) is 8.87. The normalized spacial score (nSPS) is 10.8. The molecule has 0 radical (unpaired) electrons. The minimum Gasteiger partial charge on any atom is -0.496 e. The van der Waals surface area contributed by atoms with Crippen molar-refractivity contribution in [3.63, 3.8) is 0 Å². The first kappa shape index (κ1) is 17.8. The summed E-state index contributed by atoms with van der Waals surface area (Å²) in [6.45, 7) is 5.79. The lowest BCUT2D eigenvalue weighted by molar-refractivity contribution is -0.147. The van der Waals surface area contributed by atoms with Crippen LogP contribution in [0.4, 0.5) is 0 Å². The van der Waals surface area contributed by atoms with Crippen LogP contribution in [0.25, 0.3) is 6.08 Å². The molecule has 0 aliphatic heterocycles. The molecule has 0 spiro atoms. The Morgan fingerprint density at radius 2 is 2.05 bits per heavy atom. The molecule has 1 rings (SSSR count). The van der Waals surface area contributed by atoms with E-state index in [1.165, 1.54) is 6.08 Å². The fourth-order valence-electron chi connectivity index (χ4n) is 1.82. The van der Waals surface area contributed by atoms with Crippen molar-refractivity contribution in [1.82, 2.24) is 5.32 Å². The summed E-state index contributed by atoms with van der Waals surface area (Å²) in [4.78, 5) is 23.0. The molecule has 0 fully saturated rings. The van der Waals surface area contributed by atoms with Crippen LogP contribution in [0.3, 0.4) is 0 Å². The Labute approximate surface area is 131 Å². The highest BCUT2D eigenvalue weighted by atomic mass is 16.5. The summed E-state index contributed by atoms with van der Waals surface area (Å²) in [6.07, 6.45) is 3.13. The van der Waals surface area contributed by atoms with Crippen LogP contribution in [0, 0.1) is 6.92 Å². The number of methoxy groups -OCH3 is 1. The van der Waals surface area contributed by atoms with Crippen LogP contribution in [0.15, 0.2) is 24.3 Å². The van der Waals surface area contributed by atoms with Crippen LogP contribution >= 0.6 is 0 Å². The molecule has 1 amide bonds. The molecule has 0 aromatic heterocycles. The van der Waals surface area contributed by atoms with Gasteiger partial charge in [-0.1, -0.05) is 11.6 Å². The number of nitrogens with one attached hydrogen (secondary N) is 1. The highest BCUT2D eigenvalue weighted by Gasteiger charge is 2.06. The number of esters is 1. The molecular weight excluding hydrogens is 282 g/mol. The summed E-state index contributed by atoms with van der Waals surface area (Å²) in [7, 11) is 1.59. The molecule has 120 valence electrons. The predicted octanol–water partition coefficient (Wildman–Crippen LogP) is 2.47. The van der Waals surface area contributed by atoms with Gasteiger partial charge in [0.15, 0.2) is 0 Å². The lowest BCUT2D eigenvalue weighted by Gasteiger charge is -2.08. The van der Waals surface area contributed by atoms with Gasteiger partial charge in [0.25, 0.3) is 0 Å². The maximum Gasteiger partial charge on any atom is 0.307 e. The van der Waals surface area contributed by atoms with Crippen molar-refractivity contribution in [2.75, 3.05) is 13.7 Å². The topological polar surface area (TPSA) is 64.6 Å². The monoisotopic (exact) mass is 305 g/mol. The van der Waals surface area contributed by atoms with Crippen molar-refractivity contribution in [1.29, 1.82) is 0 Å². The average molecular weight is 305 g/mol. The van der Waals surface area contributed by atoms with Gasteiger partial charge in [0, 0.05) is 18.2 Å². The third-order valence-electron chi connectivity index (χ3n) is 2.79. The Hall–Kier alpha value is -2.30. The predicted molar refractivity (Wildman–Crippen MR) is 85.6 cm³/mol. The molecule has 0 saturated heterocycles. The van der Waals surface area contributed by atoms with Gasteiger partial charge < -0.3 is 14.8 Å². The number of amides is 1. The number of hydrogen-bond donors (Lipinski definition) is 1. The van der Waals surface area contributed by atoms with Crippen LogP contribution in [-0.2, 0) is 14.3 Å². The minimum absolute atomic E-state index is 0.142. The Bertz CT molecular complexity index is 550. The van der Waals surface area contributed by atoms with E-state index in [9.17, 15) is 9.59 Å². The number of rotatable bonds is 7. The Balaban J connectivity index is 2.48. The van der Waals surface area contributed by atoms with E-state index in [1.807, 2.05) is 25.1 Å². The van der Waals surface area contributed by atoms with Crippen molar-refractivity contribution in [3.8, 4) is 5.75 Å². The van der Waals surface area contributed by atoms with Gasteiger partial charge in [0.05, 0.1) is 19.6 Å². The highest BCUT2D eigenvalue weighted by Crippen LogP contribution is 2.20. The highest BCUT2D eigenvalue weighted by molar-refractivity contribution is 5.92. The van der Waals surface area contributed by atoms with Gasteiger partial charge in [-0.05, 0) is 39.0 Å². The molecule has 1 aromatic carbocycles. The first-order valence-electron chi connectivity index (χ1n) is 7.22. The number of carbonyl (C=O) groups excluding carboxylic acids is 2. The van der Waals surface area contributed by atoms with Crippen molar-refractivity contribution < 1.29 is 19.1 Å².